The zero-order valence-electron chi connectivity index (χ0n) is 10.1. The third kappa shape index (κ3) is 11.0. The largest absolute Gasteiger partial charge is 0.466 e. The number of halogens is 1. The van der Waals surface area contributed by atoms with Gasteiger partial charge in [-0.15, -0.1) is 0 Å². The molecule has 0 N–H and O–H groups in total. The fourth-order valence-electron chi connectivity index (χ4n) is 0.693. The summed E-state index contributed by atoms with van der Waals surface area (Å²) in [5, 5.41) is 0. The van der Waals surface area contributed by atoms with Gasteiger partial charge < -0.3 is 4.74 Å². The number of hydrogen-bond donors (Lipinski definition) is 0. The van der Waals surface area contributed by atoms with Gasteiger partial charge in [0.25, 0.3) is 0 Å². The van der Waals surface area contributed by atoms with Crippen molar-refractivity contribution in [3.63, 3.8) is 0 Å². The molecule has 0 aliphatic carbocycles. The lowest BCUT2D eigenvalue weighted by Gasteiger charge is -2.00. The van der Waals surface area contributed by atoms with Crippen LogP contribution in [0.5, 0.6) is 0 Å². The second kappa shape index (κ2) is 12.0. The molecule has 0 atom stereocenters. The predicted molar refractivity (Wildman–Crippen MR) is 68.7 cm³/mol. The Bertz CT molecular complexity index is 260. The van der Waals surface area contributed by atoms with Crippen molar-refractivity contribution in [2.45, 2.75) is 27.2 Å². The fraction of sp³-hybridized carbons (Fsp3) is 0.417. The zero-order valence-corrected chi connectivity index (χ0v) is 10.9. The Labute approximate surface area is 102 Å². The summed E-state index contributed by atoms with van der Waals surface area (Å²) in [4.78, 5) is 11.2. The Balaban J connectivity index is 0. The fourth-order valence-corrected chi connectivity index (χ4v) is 0.812. The van der Waals surface area contributed by atoms with Crippen molar-refractivity contribution >= 4 is 18.1 Å². The molecule has 0 aliphatic rings. The van der Waals surface area contributed by atoms with E-state index in [1.165, 1.54) is 6.08 Å². The summed E-state index contributed by atoms with van der Waals surface area (Å²) in [6, 6.07) is 0. The van der Waals surface area contributed by atoms with Gasteiger partial charge in [-0.1, -0.05) is 33.1 Å². The molecule has 0 unspecified atom stereocenters. The van der Waals surface area contributed by atoms with E-state index >= 15 is 0 Å². The molecular weight excluding hydrogens is 227 g/mol. The zero-order chi connectivity index (χ0) is 13.0. The van der Waals surface area contributed by atoms with E-state index in [-0.39, 0.29) is 29.4 Å². The van der Waals surface area contributed by atoms with Gasteiger partial charge in [0.1, 0.15) is 0 Å². The maximum absolute atomic E-state index is 11.9. The third-order valence-corrected chi connectivity index (χ3v) is 1.62. The lowest BCUT2D eigenvalue weighted by atomic mass is 10.2. The van der Waals surface area contributed by atoms with E-state index < -0.39 is 0 Å². The van der Waals surface area contributed by atoms with Crippen molar-refractivity contribution in [1.82, 2.24) is 0 Å². The Morgan fingerprint density at radius 2 is 1.94 bits per heavy atom. The normalized spacial score (nSPS) is 9.25. The third-order valence-electron chi connectivity index (χ3n) is 1.28. The maximum atomic E-state index is 11.9. The first kappa shape index (κ1) is 17.4. The SMILES string of the molecule is C=C(/C=C\C(=C)SF)CC(=O)OCC.CC. The molecule has 0 saturated heterocycles. The molecule has 92 valence electrons. The number of rotatable bonds is 6. The first-order valence-corrected chi connectivity index (χ1v) is 5.80. The van der Waals surface area contributed by atoms with Crippen LogP contribution in [0.4, 0.5) is 3.89 Å². The molecule has 0 amide bonds. The molecule has 16 heavy (non-hydrogen) atoms. The molecule has 0 rings (SSSR count). The molecule has 0 fully saturated rings. The van der Waals surface area contributed by atoms with Gasteiger partial charge in [-0.3, -0.25) is 4.79 Å². The molecule has 0 aliphatic heterocycles. The van der Waals surface area contributed by atoms with Crippen LogP contribution in [0.3, 0.4) is 0 Å². The van der Waals surface area contributed by atoms with Crippen molar-refractivity contribution in [3.8, 4) is 0 Å². The van der Waals surface area contributed by atoms with E-state index in [0.717, 1.165) is 0 Å². The summed E-state index contributed by atoms with van der Waals surface area (Å²) < 4.78 is 16.6. The Morgan fingerprint density at radius 3 is 2.38 bits per heavy atom. The van der Waals surface area contributed by atoms with Crippen LogP contribution in [0.25, 0.3) is 0 Å². The molecule has 0 aromatic rings. The van der Waals surface area contributed by atoms with E-state index in [0.29, 0.717) is 12.2 Å². The van der Waals surface area contributed by atoms with Crippen LogP contribution in [-0.2, 0) is 9.53 Å². The highest BCUT2D eigenvalue weighted by atomic mass is 32.2. The van der Waals surface area contributed by atoms with Crippen LogP contribution >= 0.6 is 12.1 Å². The van der Waals surface area contributed by atoms with Crippen molar-refractivity contribution in [3.05, 3.63) is 35.8 Å². The summed E-state index contributed by atoms with van der Waals surface area (Å²) in [6.45, 7) is 13.1. The highest BCUT2D eigenvalue weighted by Gasteiger charge is 2.01. The van der Waals surface area contributed by atoms with Crippen LogP contribution in [0.2, 0.25) is 0 Å². The molecule has 0 heterocycles. The summed E-state index contributed by atoms with van der Waals surface area (Å²) in [7, 11) is 0. The number of carbonyl (C=O) groups is 1. The highest BCUT2D eigenvalue weighted by Crippen LogP contribution is 2.16. The minimum absolute atomic E-state index is 0.0574. The quantitative estimate of drug-likeness (QED) is 0.518. The van der Waals surface area contributed by atoms with E-state index in [2.05, 4.69) is 13.2 Å². The number of allylic oxidation sites excluding steroid dienone is 2. The molecule has 0 spiro atoms. The van der Waals surface area contributed by atoms with Crippen LogP contribution in [0, 0.1) is 0 Å². The van der Waals surface area contributed by atoms with Gasteiger partial charge in [-0.2, -0.15) is 3.89 Å². The number of hydrogen-bond acceptors (Lipinski definition) is 3. The maximum Gasteiger partial charge on any atom is 0.310 e. The second-order valence-corrected chi connectivity index (χ2v) is 3.20. The van der Waals surface area contributed by atoms with E-state index in [4.69, 9.17) is 4.74 Å². The number of carbonyl (C=O) groups excluding carboxylic acids is 1. The minimum Gasteiger partial charge on any atom is -0.466 e. The average molecular weight is 246 g/mol. The number of esters is 1. The van der Waals surface area contributed by atoms with Crippen molar-refractivity contribution in [2.24, 2.45) is 0 Å². The lowest BCUT2D eigenvalue weighted by molar-refractivity contribution is -0.142. The number of ether oxygens (including phenoxy) is 1. The Hall–Kier alpha value is -1.03. The monoisotopic (exact) mass is 246 g/mol. The molecular formula is C12H19FO2S. The molecule has 2 nitrogen and oxygen atoms in total. The van der Waals surface area contributed by atoms with Crippen molar-refractivity contribution in [2.75, 3.05) is 6.61 Å². The molecule has 0 bridgehead atoms. The van der Waals surface area contributed by atoms with Crippen molar-refractivity contribution in [1.29, 1.82) is 0 Å². The van der Waals surface area contributed by atoms with Crippen LogP contribution < -0.4 is 0 Å². The van der Waals surface area contributed by atoms with Crippen molar-refractivity contribution < 1.29 is 13.4 Å². The predicted octanol–water partition coefficient (Wildman–Crippen LogP) is 4.21. The average Bonchev–Trinajstić information content (AvgIpc) is 2.28. The minimum atomic E-state index is -0.333. The van der Waals surface area contributed by atoms with E-state index in [1.54, 1.807) is 13.0 Å². The van der Waals surface area contributed by atoms with Crippen LogP contribution in [0.1, 0.15) is 27.2 Å². The summed E-state index contributed by atoms with van der Waals surface area (Å²) in [5.74, 6) is -0.333. The smallest absolute Gasteiger partial charge is 0.310 e. The van der Waals surface area contributed by atoms with E-state index in [9.17, 15) is 8.68 Å². The standard InChI is InChI=1S/C10H13FO2S.C2H6/c1-4-13-10(12)7-8(2)5-6-9(3)14-11;1-2/h5-6H,2-4,7H2,1H3;1-2H3/b6-5-;. The first-order valence-electron chi connectivity index (χ1n) is 5.09. The molecule has 0 aromatic heterocycles. The van der Waals surface area contributed by atoms with Gasteiger partial charge in [0, 0.05) is 4.91 Å². The van der Waals surface area contributed by atoms with Gasteiger partial charge >= 0.3 is 5.97 Å². The van der Waals surface area contributed by atoms with Gasteiger partial charge in [0.15, 0.2) is 0 Å². The van der Waals surface area contributed by atoms with Gasteiger partial charge in [-0.05, 0) is 18.6 Å². The first-order chi connectivity index (χ1) is 7.60. The lowest BCUT2D eigenvalue weighted by Crippen LogP contribution is -2.03. The summed E-state index contributed by atoms with van der Waals surface area (Å²) in [6.07, 6.45) is 3.13. The Kier molecular flexibility index (Phi) is 13.1. The van der Waals surface area contributed by atoms with Crippen LogP contribution in [0.15, 0.2) is 35.8 Å². The summed E-state index contributed by atoms with van der Waals surface area (Å²) >= 11 is 0.0574. The molecule has 0 saturated carbocycles. The second-order valence-electron chi connectivity index (χ2n) is 2.52. The highest BCUT2D eigenvalue weighted by molar-refractivity contribution is 7.98. The topological polar surface area (TPSA) is 26.3 Å². The van der Waals surface area contributed by atoms with Crippen LogP contribution in [-0.4, -0.2) is 12.6 Å². The van der Waals surface area contributed by atoms with Gasteiger partial charge in [0.05, 0.1) is 25.2 Å². The molecule has 4 heteroatoms. The van der Waals surface area contributed by atoms with Gasteiger partial charge in [-0.25, -0.2) is 0 Å². The molecule has 0 aromatic carbocycles. The Morgan fingerprint density at radius 1 is 1.38 bits per heavy atom. The van der Waals surface area contributed by atoms with Gasteiger partial charge in [0.2, 0.25) is 0 Å². The molecule has 0 radical (unpaired) electrons. The summed E-state index contributed by atoms with van der Waals surface area (Å²) in [5.41, 5.74) is 0.568. The van der Waals surface area contributed by atoms with E-state index in [1.807, 2.05) is 13.8 Å².